The zero-order valence-electron chi connectivity index (χ0n) is 36.3. The van der Waals surface area contributed by atoms with Crippen molar-refractivity contribution in [2.75, 3.05) is 39.9 Å². The van der Waals surface area contributed by atoms with E-state index >= 15 is 0 Å². The molecule has 1 aliphatic heterocycles. The van der Waals surface area contributed by atoms with Crippen LogP contribution in [0, 0.1) is 17.2 Å². The quantitative estimate of drug-likeness (QED) is 0.0451. The molecule has 15 nitrogen and oxygen atoms in total. The summed E-state index contributed by atoms with van der Waals surface area (Å²) in [5.74, 6) is 1.17. The third kappa shape index (κ3) is 10.1. The summed E-state index contributed by atoms with van der Waals surface area (Å²) in [7, 11) is 3.10. The Kier molecular flexibility index (Phi) is 15.3. The standard InChI is InChI=1S/C45H56N7O8P/c1-29(2)42(53)49-44-48-41-40(43(50-44)56-9)47-28-51(41)39-26-37(60-61(58-25-13-24-46)52(30(3)4)31(5)6)38(59-39)27-57-45(32-14-11-10-12-15-32,33-16-20-35(54-7)21-17-33)34-18-22-36(55-8)23-19-34/h10-12,14-23,28-31,37-39H,13,25-27H2,1-9H3,(H,48,49,50,53)/t37-,38+,39+,61?/m0/s1. The van der Waals surface area contributed by atoms with Crippen LogP contribution in [0.25, 0.3) is 11.2 Å². The van der Waals surface area contributed by atoms with Crippen LogP contribution in [-0.2, 0) is 28.9 Å². The van der Waals surface area contributed by atoms with Crippen molar-refractivity contribution >= 4 is 31.5 Å². The highest BCUT2D eigenvalue weighted by molar-refractivity contribution is 7.44. The normalized spacial score (nSPS) is 17.3. The fourth-order valence-electron chi connectivity index (χ4n) is 7.38. The molecular weight excluding hydrogens is 798 g/mol. The van der Waals surface area contributed by atoms with E-state index in [1.54, 1.807) is 39.0 Å². The first-order valence-electron chi connectivity index (χ1n) is 20.4. The minimum Gasteiger partial charge on any atom is -0.497 e. The van der Waals surface area contributed by atoms with Gasteiger partial charge in [0.1, 0.15) is 29.4 Å². The average molecular weight is 854 g/mol. The van der Waals surface area contributed by atoms with Gasteiger partial charge in [-0.25, -0.2) is 9.65 Å². The van der Waals surface area contributed by atoms with Crippen LogP contribution in [0.15, 0.2) is 85.2 Å². The first-order valence-corrected chi connectivity index (χ1v) is 21.5. The van der Waals surface area contributed by atoms with Crippen LogP contribution in [0.2, 0.25) is 0 Å². The fourth-order valence-corrected chi connectivity index (χ4v) is 9.14. The van der Waals surface area contributed by atoms with E-state index in [0.29, 0.717) is 29.1 Å². The summed E-state index contributed by atoms with van der Waals surface area (Å²) in [6, 6.07) is 28.1. The predicted octanol–water partition coefficient (Wildman–Crippen LogP) is 8.40. The summed E-state index contributed by atoms with van der Waals surface area (Å²) in [5, 5.41) is 12.2. The Hall–Kier alpha value is -5.20. The van der Waals surface area contributed by atoms with E-state index in [1.807, 2.05) is 78.9 Å². The number of methoxy groups -OCH3 is 3. The molecule has 1 N–H and O–H groups in total. The molecule has 3 heterocycles. The number of nitrogens with one attached hydrogen (secondary N) is 1. The number of carbonyl (C=O) groups is 1. The highest BCUT2D eigenvalue weighted by atomic mass is 31.2. The molecule has 0 saturated carbocycles. The van der Waals surface area contributed by atoms with Crippen molar-refractivity contribution in [2.24, 2.45) is 5.92 Å². The molecule has 0 spiro atoms. The number of hydrogen-bond acceptors (Lipinski definition) is 13. The van der Waals surface area contributed by atoms with Gasteiger partial charge in [-0.3, -0.25) is 14.7 Å². The molecule has 61 heavy (non-hydrogen) atoms. The van der Waals surface area contributed by atoms with Crippen LogP contribution >= 0.6 is 8.53 Å². The second-order valence-corrected chi connectivity index (χ2v) is 16.8. The number of fused-ring (bicyclic) bond motifs is 1. The summed E-state index contributed by atoms with van der Waals surface area (Å²) in [6.45, 7) is 12.2. The van der Waals surface area contributed by atoms with E-state index in [-0.39, 0.29) is 55.4 Å². The van der Waals surface area contributed by atoms with Gasteiger partial charge in [-0.05, 0) is 68.7 Å². The SMILES string of the molecule is COc1ccc(C(OC[C@H]2O[C@@H](n3cnc4c(OC)nc(NC(=O)C(C)C)nc43)C[C@@H]2OP(OCCC#N)N(C(C)C)C(C)C)(c2ccccc2)c2ccc(OC)cc2)cc1. The van der Waals surface area contributed by atoms with Gasteiger partial charge in [-0.2, -0.15) is 15.2 Å². The smallest absolute Gasteiger partial charge is 0.259 e. The number of benzene rings is 3. The average Bonchev–Trinajstić information content (AvgIpc) is 3.88. The van der Waals surface area contributed by atoms with E-state index in [4.69, 9.17) is 37.7 Å². The van der Waals surface area contributed by atoms with Gasteiger partial charge in [0, 0.05) is 24.4 Å². The molecule has 5 aromatic rings. The van der Waals surface area contributed by atoms with Crippen LogP contribution in [0.4, 0.5) is 5.95 Å². The van der Waals surface area contributed by atoms with E-state index in [9.17, 15) is 10.1 Å². The highest BCUT2D eigenvalue weighted by Gasteiger charge is 2.45. The summed E-state index contributed by atoms with van der Waals surface area (Å²) in [6.07, 6.45) is 0.325. The molecule has 1 fully saturated rings. The summed E-state index contributed by atoms with van der Waals surface area (Å²) >= 11 is 0. The molecular formula is C45H56N7O8P. The van der Waals surface area contributed by atoms with Crippen LogP contribution in [-0.4, -0.2) is 88.9 Å². The summed E-state index contributed by atoms with van der Waals surface area (Å²) in [4.78, 5) is 26.5. The second kappa shape index (κ2) is 20.6. The van der Waals surface area contributed by atoms with Gasteiger partial charge in [0.15, 0.2) is 11.2 Å². The molecule has 0 aliphatic carbocycles. The maximum Gasteiger partial charge on any atom is 0.259 e. The molecule has 1 amide bonds. The van der Waals surface area contributed by atoms with Crippen LogP contribution in [0.1, 0.15) is 77.3 Å². The van der Waals surface area contributed by atoms with Gasteiger partial charge in [-0.15, -0.1) is 0 Å². The number of aromatic nitrogens is 4. The topological polar surface area (TPSA) is 164 Å². The molecule has 3 aromatic carbocycles. The Bertz CT molecular complexity index is 2180. The van der Waals surface area contributed by atoms with Crippen LogP contribution in [0.3, 0.4) is 0 Å². The van der Waals surface area contributed by atoms with Crippen LogP contribution < -0.4 is 19.5 Å². The lowest BCUT2D eigenvalue weighted by Gasteiger charge is -2.39. The van der Waals surface area contributed by atoms with E-state index in [1.165, 1.54) is 7.11 Å². The van der Waals surface area contributed by atoms with Gasteiger partial charge < -0.3 is 32.7 Å². The number of nitriles is 1. The van der Waals surface area contributed by atoms with Crippen molar-refractivity contribution in [1.29, 1.82) is 5.26 Å². The molecule has 0 radical (unpaired) electrons. The minimum absolute atomic E-state index is 0.0677. The zero-order valence-corrected chi connectivity index (χ0v) is 37.2. The first kappa shape index (κ1) is 45.3. The lowest BCUT2D eigenvalue weighted by atomic mass is 9.80. The zero-order chi connectivity index (χ0) is 43.7. The number of ether oxygens (including phenoxy) is 5. The summed E-state index contributed by atoms with van der Waals surface area (Å²) in [5.41, 5.74) is 2.30. The number of nitrogens with zero attached hydrogens (tertiary/aromatic N) is 6. The molecule has 324 valence electrons. The maximum atomic E-state index is 12.7. The van der Waals surface area contributed by atoms with E-state index in [2.05, 4.69) is 53.7 Å². The van der Waals surface area contributed by atoms with Crippen LogP contribution in [0.5, 0.6) is 17.4 Å². The number of amides is 1. The van der Waals surface area contributed by atoms with Gasteiger partial charge in [0.2, 0.25) is 17.7 Å². The minimum atomic E-state index is -1.67. The number of carbonyl (C=O) groups excluding carboxylic acids is 1. The van der Waals surface area contributed by atoms with E-state index in [0.717, 1.165) is 16.7 Å². The first-order chi connectivity index (χ1) is 29.4. The van der Waals surface area contributed by atoms with Gasteiger partial charge in [0.25, 0.3) is 8.53 Å². The molecule has 1 unspecified atom stereocenters. The Morgan fingerprint density at radius 1 is 0.902 bits per heavy atom. The van der Waals surface area contributed by atoms with Crippen molar-refractivity contribution in [1.82, 2.24) is 24.2 Å². The number of rotatable bonds is 20. The highest BCUT2D eigenvalue weighted by Crippen LogP contribution is 2.51. The Labute approximate surface area is 359 Å². The lowest BCUT2D eigenvalue weighted by molar-refractivity contribution is -0.118. The molecule has 2 aromatic heterocycles. The van der Waals surface area contributed by atoms with E-state index < -0.39 is 32.6 Å². The molecule has 4 atom stereocenters. The number of hydrogen-bond donors (Lipinski definition) is 1. The third-order valence-electron chi connectivity index (χ3n) is 10.4. The molecule has 16 heteroatoms. The number of anilines is 1. The fraction of sp³-hybridized carbons (Fsp3) is 0.444. The van der Waals surface area contributed by atoms with Crippen molar-refractivity contribution in [2.45, 2.75) is 90.5 Å². The second-order valence-electron chi connectivity index (χ2n) is 15.4. The summed E-state index contributed by atoms with van der Waals surface area (Å²) < 4.78 is 48.5. The Balaban J connectivity index is 1.45. The Morgan fingerprint density at radius 3 is 2.05 bits per heavy atom. The maximum absolute atomic E-state index is 12.7. The lowest BCUT2D eigenvalue weighted by Crippen LogP contribution is -2.39. The van der Waals surface area contributed by atoms with Gasteiger partial charge >= 0.3 is 0 Å². The molecule has 6 rings (SSSR count). The van der Waals surface area contributed by atoms with Crippen molar-refractivity contribution in [3.63, 3.8) is 0 Å². The number of imidazole rings is 1. The third-order valence-corrected chi connectivity index (χ3v) is 12.5. The van der Waals surface area contributed by atoms with Crippen molar-refractivity contribution < 1.29 is 37.5 Å². The molecule has 1 aliphatic rings. The monoisotopic (exact) mass is 853 g/mol. The molecule has 0 bridgehead atoms. The Morgan fingerprint density at radius 2 is 1.51 bits per heavy atom. The van der Waals surface area contributed by atoms with Gasteiger partial charge in [-0.1, -0.05) is 68.4 Å². The van der Waals surface area contributed by atoms with Gasteiger partial charge in [0.05, 0.1) is 59.5 Å². The van der Waals surface area contributed by atoms with Crippen molar-refractivity contribution in [3.8, 4) is 23.4 Å². The predicted molar refractivity (Wildman–Crippen MR) is 232 cm³/mol. The molecule has 1 saturated heterocycles. The largest absolute Gasteiger partial charge is 0.497 e. The van der Waals surface area contributed by atoms with Crippen molar-refractivity contribution in [3.05, 3.63) is 102 Å².